The zero-order chi connectivity index (χ0) is 28.4. The van der Waals surface area contributed by atoms with Crippen LogP contribution in [0.15, 0.2) is 82.1 Å². The second-order valence-corrected chi connectivity index (χ2v) is 9.88. The molecule has 2 N–H and O–H groups in total. The number of benzene rings is 3. The first-order chi connectivity index (χ1) is 18.3. The standard InChI is InChI=1S/C30H25F3N2O4/c1-19-25-17-23(13-14-24(25)26(36)39-35-19)34-27(37)29(38,18-28(2,3)21-7-5-4-6-8-21)16-15-20-9-11-22(12-10-20)30(31,32)33/h4-14,17,38H,18H2,1-3H3,(H,34,37). The maximum absolute atomic E-state index is 13.5. The second-order valence-electron chi connectivity index (χ2n) is 9.88. The van der Waals surface area contributed by atoms with Gasteiger partial charge in [-0.25, -0.2) is 4.79 Å². The van der Waals surface area contributed by atoms with E-state index in [2.05, 4.69) is 22.3 Å². The smallest absolute Gasteiger partial charge is 0.369 e. The zero-order valence-corrected chi connectivity index (χ0v) is 21.4. The van der Waals surface area contributed by atoms with Gasteiger partial charge >= 0.3 is 11.8 Å². The molecular formula is C30H25F3N2O4. The minimum Gasteiger partial charge on any atom is -0.369 e. The summed E-state index contributed by atoms with van der Waals surface area (Å²) in [4.78, 5) is 25.5. The van der Waals surface area contributed by atoms with Gasteiger partial charge in [-0.05, 0) is 60.4 Å². The van der Waals surface area contributed by atoms with Crippen molar-refractivity contribution in [1.29, 1.82) is 0 Å². The first-order valence-electron chi connectivity index (χ1n) is 12.0. The number of carbonyl (C=O) groups is 1. The van der Waals surface area contributed by atoms with Gasteiger partial charge in [0.05, 0.1) is 16.6 Å². The predicted octanol–water partition coefficient (Wildman–Crippen LogP) is 5.60. The molecule has 1 unspecified atom stereocenters. The summed E-state index contributed by atoms with van der Waals surface area (Å²) >= 11 is 0. The molecule has 0 aliphatic rings. The van der Waals surface area contributed by atoms with E-state index in [1.54, 1.807) is 13.0 Å². The van der Waals surface area contributed by atoms with Crippen LogP contribution in [-0.4, -0.2) is 21.8 Å². The molecule has 39 heavy (non-hydrogen) atoms. The van der Waals surface area contributed by atoms with E-state index in [9.17, 15) is 27.9 Å². The SMILES string of the molecule is Cc1noc(=O)c2ccc(NC(=O)C(O)(C#Cc3ccc(C(F)(F)F)cc3)CC(C)(C)c3ccccc3)cc12. The summed E-state index contributed by atoms with van der Waals surface area (Å²) < 4.78 is 43.6. The number of carbonyl (C=O) groups excluding carboxylic acids is 1. The normalized spacial score (nSPS) is 13.3. The zero-order valence-electron chi connectivity index (χ0n) is 21.4. The number of aliphatic hydroxyl groups is 1. The average molecular weight is 535 g/mol. The van der Waals surface area contributed by atoms with Crippen LogP contribution in [0.4, 0.5) is 18.9 Å². The van der Waals surface area contributed by atoms with Gasteiger partial charge in [-0.2, -0.15) is 13.2 Å². The number of alkyl halides is 3. The molecule has 0 bridgehead atoms. The van der Waals surface area contributed by atoms with Crippen molar-refractivity contribution < 1.29 is 27.6 Å². The lowest BCUT2D eigenvalue weighted by Gasteiger charge is -2.32. The van der Waals surface area contributed by atoms with Crippen molar-refractivity contribution in [3.63, 3.8) is 0 Å². The molecule has 1 atom stereocenters. The van der Waals surface area contributed by atoms with Crippen LogP contribution in [0.2, 0.25) is 0 Å². The first-order valence-corrected chi connectivity index (χ1v) is 12.0. The molecule has 0 aliphatic heterocycles. The van der Waals surface area contributed by atoms with E-state index in [0.717, 1.165) is 17.7 Å². The van der Waals surface area contributed by atoms with Crippen LogP contribution in [0.1, 0.15) is 42.7 Å². The van der Waals surface area contributed by atoms with Crippen LogP contribution in [0.3, 0.4) is 0 Å². The topological polar surface area (TPSA) is 92.4 Å². The van der Waals surface area contributed by atoms with Crippen molar-refractivity contribution in [2.24, 2.45) is 0 Å². The van der Waals surface area contributed by atoms with E-state index < -0.39 is 34.3 Å². The summed E-state index contributed by atoms with van der Waals surface area (Å²) in [6.07, 6.45) is -4.62. The summed E-state index contributed by atoms with van der Waals surface area (Å²) in [6.45, 7) is 5.35. The summed E-state index contributed by atoms with van der Waals surface area (Å²) in [6, 6.07) is 17.9. The molecule has 0 radical (unpaired) electrons. The van der Waals surface area contributed by atoms with Gasteiger partial charge in [-0.3, -0.25) is 4.79 Å². The molecule has 3 aromatic carbocycles. The third-order valence-corrected chi connectivity index (χ3v) is 6.41. The van der Waals surface area contributed by atoms with Gasteiger partial charge < -0.3 is 14.9 Å². The Morgan fingerprint density at radius 3 is 2.28 bits per heavy atom. The third kappa shape index (κ3) is 6.19. The quantitative estimate of drug-likeness (QED) is 0.325. The summed E-state index contributed by atoms with van der Waals surface area (Å²) in [5.41, 5.74) is -2.64. The van der Waals surface area contributed by atoms with E-state index in [4.69, 9.17) is 4.52 Å². The lowest BCUT2D eigenvalue weighted by Crippen LogP contribution is -2.46. The molecule has 0 saturated carbocycles. The highest BCUT2D eigenvalue weighted by atomic mass is 19.4. The van der Waals surface area contributed by atoms with Crippen LogP contribution in [-0.2, 0) is 16.4 Å². The Bertz CT molecular complexity index is 1630. The highest BCUT2D eigenvalue weighted by Gasteiger charge is 2.41. The number of fused-ring (bicyclic) bond motifs is 1. The molecule has 1 amide bonds. The number of hydrogen-bond donors (Lipinski definition) is 2. The molecule has 0 saturated heterocycles. The van der Waals surface area contributed by atoms with E-state index >= 15 is 0 Å². The van der Waals surface area contributed by atoms with E-state index in [-0.39, 0.29) is 23.1 Å². The van der Waals surface area contributed by atoms with Crippen molar-refractivity contribution in [2.75, 3.05) is 5.32 Å². The molecule has 9 heteroatoms. The number of halogens is 3. The molecule has 6 nitrogen and oxygen atoms in total. The summed E-state index contributed by atoms with van der Waals surface area (Å²) in [5, 5.41) is 18.8. The second kappa shape index (κ2) is 10.4. The Balaban J connectivity index is 1.71. The molecule has 200 valence electrons. The third-order valence-electron chi connectivity index (χ3n) is 6.41. The van der Waals surface area contributed by atoms with Crippen molar-refractivity contribution in [3.8, 4) is 11.8 Å². The Morgan fingerprint density at radius 1 is 0.974 bits per heavy atom. The van der Waals surface area contributed by atoms with Gasteiger partial charge in [0, 0.05) is 23.1 Å². The average Bonchev–Trinajstić information content (AvgIpc) is 2.90. The molecule has 0 fully saturated rings. The lowest BCUT2D eigenvalue weighted by molar-refractivity contribution is -0.137. The minimum absolute atomic E-state index is 0.124. The van der Waals surface area contributed by atoms with Crippen LogP contribution in [0.5, 0.6) is 0 Å². The van der Waals surface area contributed by atoms with Gasteiger partial charge in [0.1, 0.15) is 0 Å². The first kappa shape index (κ1) is 27.6. The van der Waals surface area contributed by atoms with Crippen molar-refractivity contribution in [2.45, 2.75) is 44.4 Å². The molecular weight excluding hydrogens is 509 g/mol. The fourth-order valence-electron chi connectivity index (χ4n) is 4.27. The summed E-state index contributed by atoms with van der Waals surface area (Å²) in [5.74, 6) is 4.43. The number of hydrogen-bond acceptors (Lipinski definition) is 5. The maximum atomic E-state index is 13.5. The Kier molecular flexibility index (Phi) is 7.35. The number of nitrogens with zero attached hydrogens (tertiary/aromatic N) is 1. The predicted molar refractivity (Wildman–Crippen MR) is 141 cm³/mol. The fraction of sp³-hybridized carbons (Fsp3) is 0.233. The van der Waals surface area contributed by atoms with Crippen molar-refractivity contribution in [1.82, 2.24) is 5.16 Å². The minimum atomic E-state index is -4.50. The monoisotopic (exact) mass is 534 g/mol. The number of nitrogens with one attached hydrogen (secondary N) is 1. The van der Waals surface area contributed by atoms with Crippen molar-refractivity contribution in [3.05, 3.63) is 106 Å². The highest BCUT2D eigenvalue weighted by Crippen LogP contribution is 2.33. The van der Waals surface area contributed by atoms with Gasteiger partial charge in [-0.15, -0.1) is 0 Å². The molecule has 1 heterocycles. The molecule has 4 rings (SSSR count). The number of aryl methyl sites for hydroxylation is 1. The van der Waals surface area contributed by atoms with E-state index in [1.165, 1.54) is 24.3 Å². The Morgan fingerprint density at radius 2 is 1.64 bits per heavy atom. The van der Waals surface area contributed by atoms with Gasteiger partial charge in [0.15, 0.2) is 0 Å². The molecule has 1 aromatic heterocycles. The lowest BCUT2D eigenvalue weighted by atomic mass is 9.75. The van der Waals surface area contributed by atoms with E-state index in [1.807, 2.05) is 44.2 Å². The molecule has 0 aliphatic carbocycles. The fourth-order valence-corrected chi connectivity index (χ4v) is 4.27. The summed E-state index contributed by atoms with van der Waals surface area (Å²) in [7, 11) is 0. The molecule has 4 aromatic rings. The van der Waals surface area contributed by atoms with Crippen LogP contribution in [0.25, 0.3) is 10.8 Å². The van der Waals surface area contributed by atoms with Gasteiger partial charge in [-0.1, -0.05) is 61.2 Å². The van der Waals surface area contributed by atoms with E-state index in [0.29, 0.717) is 11.1 Å². The number of rotatable bonds is 5. The Labute approximate surface area is 222 Å². The number of amides is 1. The van der Waals surface area contributed by atoms with Crippen LogP contribution < -0.4 is 10.9 Å². The largest absolute Gasteiger partial charge is 0.416 e. The van der Waals surface area contributed by atoms with Gasteiger partial charge in [0.25, 0.3) is 5.91 Å². The number of aromatic nitrogens is 1. The highest BCUT2D eigenvalue weighted by molar-refractivity contribution is 6.01. The van der Waals surface area contributed by atoms with Gasteiger partial charge in [0.2, 0.25) is 5.60 Å². The van der Waals surface area contributed by atoms with Crippen molar-refractivity contribution >= 4 is 22.4 Å². The maximum Gasteiger partial charge on any atom is 0.416 e. The Hall–Kier alpha value is -4.42. The number of anilines is 1. The van der Waals surface area contributed by atoms with Crippen LogP contribution in [0, 0.1) is 18.8 Å². The molecule has 0 spiro atoms. The van der Waals surface area contributed by atoms with Crippen LogP contribution >= 0.6 is 0 Å².